The van der Waals surface area contributed by atoms with Crippen molar-refractivity contribution in [3.8, 4) is 0 Å². The fourth-order valence-electron chi connectivity index (χ4n) is 10.3. The molecule has 6 unspecified atom stereocenters. The molecule has 0 aromatic carbocycles. The van der Waals surface area contributed by atoms with Crippen molar-refractivity contribution in [2.24, 2.45) is 41.4 Å². The van der Waals surface area contributed by atoms with Gasteiger partial charge in [-0.2, -0.15) is 0 Å². The zero-order valence-electron chi connectivity index (χ0n) is 24.3. The van der Waals surface area contributed by atoms with Crippen LogP contribution in [0.1, 0.15) is 92.9 Å². The minimum atomic E-state index is -0.797. The van der Waals surface area contributed by atoms with E-state index in [0.29, 0.717) is 30.3 Å². The lowest BCUT2D eigenvalue weighted by Gasteiger charge is -2.60. The highest BCUT2D eigenvalue weighted by Gasteiger charge is 2.74. The maximum Gasteiger partial charge on any atom is 0.201 e. The molecule has 9 heteroatoms. The summed E-state index contributed by atoms with van der Waals surface area (Å²) in [5.41, 5.74) is -1.79. The molecule has 0 radical (unpaired) electrons. The molecule has 10 fully saturated rings. The first-order chi connectivity index (χ1) is 18.5. The zero-order valence-corrected chi connectivity index (χ0v) is 24.3. The van der Waals surface area contributed by atoms with Crippen molar-refractivity contribution in [3.05, 3.63) is 0 Å². The van der Waals surface area contributed by atoms with Gasteiger partial charge in [0.05, 0.1) is 12.2 Å². The Hall–Kier alpha value is -0.360. The topological polar surface area (TPSA) is 83.1 Å². The molecule has 4 bridgehead atoms. The van der Waals surface area contributed by atoms with Crippen LogP contribution in [-0.4, -0.2) is 53.9 Å². The Balaban J connectivity index is 1.06. The fourth-order valence-corrected chi connectivity index (χ4v) is 10.3. The molecule has 10 rings (SSSR count). The van der Waals surface area contributed by atoms with E-state index in [4.69, 9.17) is 43.2 Å². The third kappa shape index (κ3) is 3.40. The van der Waals surface area contributed by atoms with Gasteiger partial charge in [-0.1, -0.05) is 20.8 Å². The van der Waals surface area contributed by atoms with Crippen molar-refractivity contribution in [1.82, 2.24) is 0 Å². The van der Waals surface area contributed by atoms with Gasteiger partial charge in [0.1, 0.15) is 0 Å². The lowest BCUT2D eigenvalue weighted by atomic mass is 9.58. The Kier molecular flexibility index (Phi) is 5.65. The van der Waals surface area contributed by atoms with E-state index in [1.165, 1.54) is 6.42 Å². The molecule has 8 heterocycles. The number of rotatable bonds is 3. The molecule has 9 nitrogen and oxygen atoms in total. The lowest BCUT2D eigenvalue weighted by Crippen LogP contribution is -2.70. The van der Waals surface area contributed by atoms with Crippen molar-refractivity contribution in [2.75, 3.05) is 6.61 Å². The molecule has 0 aromatic heterocycles. The molecule has 0 amide bonds. The normalized spacial score (nSPS) is 63.2. The average molecular weight is 551 g/mol. The fraction of sp³-hybridized carbons (Fsp3) is 1.00. The third-order valence-electron chi connectivity index (χ3n) is 12.5. The summed E-state index contributed by atoms with van der Waals surface area (Å²) in [6.07, 6.45) is 6.55. The van der Waals surface area contributed by atoms with Crippen molar-refractivity contribution in [1.29, 1.82) is 0 Å². The Morgan fingerprint density at radius 2 is 1.26 bits per heavy atom. The highest BCUT2D eigenvalue weighted by atomic mass is 17.3. The molecule has 0 N–H and O–H groups in total. The van der Waals surface area contributed by atoms with E-state index >= 15 is 0 Å². The molecule has 10 aliphatic rings. The average Bonchev–Trinajstić information content (AvgIpc) is 3.10. The second-order valence-corrected chi connectivity index (χ2v) is 14.9. The Morgan fingerprint density at radius 1 is 0.641 bits per heavy atom. The monoisotopic (exact) mass is 550 g/mol. The zero-order chi connectivity index (χ0) is 27.0. The second kappa shape index (κ2) is 8.38. The van der Waals surface area contributed by atoms with E-state index in [2.05, 4.69) is 27.7 Å². The predicted molar refractivity (Wildman–Crippen MR) is 135 cm³/mol. The Morgan fingerprint density at radius 3 is 1.97 bits per heavy atom. The summed E-state index contributed by atoms with van der Waals surface area (Å²) in [7, 11) is 0. The SMILES string of the molecule is C[C@@H]1CCC2[C@@H](C)[C@H](OC[C@@]3(C)OC4O[C@]5(C)CCC6[C@H](C)CCC3[C@@]46OO5)OC3O[C@]4(C)CCC1[C@]32OO4. The molecule has 39 heavy (non-hydrogen) atoms. The molecule has 220 valence electrons. The van der Waals surface area contributed by atoms with Crippen LogP contribution in [0, 0.1) is 41.4 Å². The molecular weight excluding hydrogens is 504 g/mol. The summed E-state index contributed by atoms with van der Waals surface area (Å²) < 4.78 is 33.3. The van der Waals surface area contributed by atoms with Crippen LogP contribution in [0.4, 0.5) is 0 Å². The van der Waals surface area contributed by atoms with Gasteiger partial charge in [0.2, 0.25) is 11.6 Å². The van der Waals surface area contributed by atoms with Gasteiger partial charge < -0.3 is 23.7 Å². The van der Waals surface area contributed by atoms with Gasteiger partial charge in [-0.05, 0) is 83.0 Å². The summed E-state index contributed by atoms with van der Waals surface area (Å²) >= 11 is 0. The van der Waals surface area contributed by atoms with E-state index in [1.54, 1.807) is 0 Å². The summed E-state index contributed by atoms with van der Waals surface area (Å²) in [6, 6.07) is 0. The highest BCUT2D eigenvalue weighted by Crippen LogP contribution is 2.64. The van der Waals surface area contributed by atoms with Crippen LogP contribution in [0.25, 0.3) is 0 Å². The van der Waals surface area contributed by atoms with Crippen molar-refractivity contribution < 1.29 is 43.2 Å². The second-order valence-electron chi connectivity index (χ2n) is 14.9. The number of fused-ring (bicyclic) bond motifs is 4. The van der Waals surface area contributed by atoms with Gasteiger partial charge in [0, 0.05) is 30.6 Å². The van der Waals surface area contributed by atoms with Crippen LogP contribution >= 0.6 is 0 Å². The quantitative estimate of drug-likeness (QED) is 0.440. The van der Waals surface area contributed by atoms with E-state index in [9.17, 15) is 0 Å². The summed E-state index contributed by atoms with van der Waals surface area (Å²) in [5.74, 6) is 0.582. The summed E-state index contributed by atoms with van der Waals surface area (Å²) in [5, 5.41) is 0. The van der Waals surface area contributed by atoms with Crippen LogP contribution < -0.4 is 0 Å². The molecular formula is C30H46O9. The highest BCUT2D eigenvalue weighted by molar-refractivity contribution is 5.15. The largest absolute Gasteiger partial charge is 0.349 e. The van der Waals surface area contributed by atoms with Crippen molar-refractivity contribution >= 4 is 0 Å². The summed E-state index contributed by atoms with van der Waals surface area (Å²) in [6.45, 7) is 13.4. The molecule has 15 atom stereocenters. The van der Waals surface area contributed by atoms with E-state index in [0.717, 1.165) is 44.9 Å². The maximum absolute atomic E-state index is 6.81. The minimum Gasteiger partial charge on any atom is -0.349 e. The van der Waals surface area contributed by atoms with Gasteiger partial charge in [0.25, 0.3) is 0 Å². The smallest absolute Gasteiger partial charge is 0.201 e. The first-order valence-electron chi connectivity index (χ1n) is 15.6. The van der Waals surface area contributed by atoms with Crippen molar-refractivity contribution in [2.45, 2.75) is 140 Å². The third-order valence-corrected chi connectivity index (χ3v) is 12.5. The molecule has 8 aliphatic heterocycles. The first-order valence-corrected chi connectivity index (χ1v) is 15.6. The molecule has 2 saturated carbocycles. The lowest BCUT2D eigenvalue weighted by molar-refractivity contribution is -0.577. The summed E-state index contributed by atoms with van der Waals surface area (Å²) in [4.78, 5) is 24.6. The number of ether oxygens (including phenoxy) is 5. The van der Waals surface area contributed by atoms with E-state index < -0.39 is 47.2 Å². The van der Waals surface area contributed by atoms with Gasteiger partial charge in [-0.25, -0.2) is 19.6 Å². The Labute approximate surface area is 231 Å². The first kappa shape index (κ1) is 26.3. The van der Waals surface area contributed by atoms with Crippen LogP contribution in [0.2, 0.25) is 0 Å². The maximum atomic E-state index is 6.81. The van der Waals surface area contributed by atoms with Crippen LogP contribution in [0.5, 0.6) is 0 Å². The molecule has 0 aromatic rings. The van der Waals surface area contributed by atoms with Gasteiger partial charge >= 0.3 is 0 Å². The minimum absolute atomic E-state index is 0.102. The van der Waals surface area contributed by atoms with Crippen LogP contribution in [0.3, 0.4) is 0 Å². The standard InChI is InChI=1S/C30H46O9/c1-16-7-9-21-18(3)23(32-24-29(21)19(16)11-13-27(5,34-24)36-38-29)31-15-26(4)22-10-8-17(2)20-12-14-28(6)35-25(33-26)30(20,22)39-37-28/h16-25H,7-15H2,1-6H3/t16-,17-,18-,19?,20?,21?,22?,23-,24?,25?,26-,27+,28+,29-,30-/m1/s1. The molecule has 8 saturated heterocycles. The number of hydrogen-bond donors (Lipinski definition) is 0. The van der Waals surface area contributed by atoms with Crippen molar-refractivity contribution in [3.63, 3.8) is 0 Å². The van der Waals surface area contributed by atoms with Gasteiger partial charge in [0.15, 0.2) is 30.1 Å². The van der Waals surface area contributed by atoms with E-state index in [1.807, 2.05) is 13.8 Å². The van der Waals surface area contributed by atoms with Gasteiger partial charge in [-0.3, -0.25) is 0 Å². The molecule has 2 spiro atoms. The predicted octanol–water partition coefficient (Wildman–Crippen LogP) is 5.22. The Bertz CT molecular complexity index is 1010. The van der Waals surface area contributed by atoms with Crippen LogP contribution in [-0.2, 0) is 43.2 Å². The van der Waals surface area contributed by atoms with E-state index in [-0.39, 0.29) is 17.8 Å². The van der Waals surface area contributed by atoms with Gasteiger partial charge in [-0.15, -0.1) is 0 Å². The number of hydrogen-bond acceptors (Lipinski definition) is 9. The van der Waals surface area contributed by atoms with Crippen LogP contribution in [0.15, 0.2) is 0 Å². The molecule has 2 aliphatic carbocycles.